The first-order chi connectivity index (χ1) is 13.8. The fraction of sp³-hybridized carbons (Fsp3) is 0.714. The normalized spacial score (nSPS) is 16.0. The molecule has 1 unspecified atom stereocenters. The standard InChI is InChI=1S/C21H37N5O3.HI/c1-6-22-19(23-11-14-25(5)20(27)29-21(2,3)4)24-16-17(18-10-9-15-28-18)26-12-7-8-13-26;/h9-10,15,17H,6-8,11-14,16H2,1-5H3,(H2,22,23,24);1H. The highest BCUT2D eigenvalue weighted by Crippen LogP contribution is 2.25. The molecule has 1 aliphatic heterocycles. The van der Waals surface area contributed by atoms with Gasteiger partial charge in [-0.15, -0.1) is 24.0 Å². The highest BCUT2D eigenvalue weighted by atomic mass is 127. The van der Waals surface area contributed by atoms with Crippen LogP contribution in [0.25, 0.3) is 0 Å². The minimum Gasteiger partial charge on any atom is -0.468 e. The second kappa shape index (κ2) is 13.0. The number of nitrogens with one attached hydrogen (secondary N) is 2. The van der Waals surface area contributed by atoms with E-state index in [-0.39, 0.29) is 36.1 Å². The summed E-state index contributed by atoms with van der Waals surface area (Å²) in [7, 11) is 1.74. The molecule has 9 heteroatoms. The van der Waals surface area contributed by atoms with Gasteiger partial charge in [0.1, 0.15) is 11.4 Å². The van der Waals surface area contributed by atoms with Crippen LogP contribution < -0.4 is 10.6 Å². The summed E-state index contributed by atoms with van der Waals surface area (Å²) in [6.07, 6.45) is 3.83. The Morgan fingerprint density at radius 1 is 1.33 bits per heavy atom. The molecular weight excluding hydrogens is 497 g/mol. The molecule has 1 saturated heterocycles. The van der Waals surface area contributed by atoms with Crippen LogP contribution in [0, 0.1) is 0 Å². The van der Waals surface area contributed by atoms with E-state index in [4.69, 9.17) is 14.1 Å². The number of carbonyl (C=O) groups is 1. The molecule has 1 aliphatic rings. The molecule has 2 N–H and O–H groups in total. The molecule has 0 saturated carbocycles. The summed E-state index contributed by atoms with van der Waals surface area (Å²) in [5, 5.41) is 6.57. The predicted molar refractivity (Wildman–Crippen MR) is 131 cm³/mol. The average molecular weight is 535 g/mol. The number of hydrogen-bond acceptors (Lipinski definition) is 5. The maximum Gasteiger partial charge on any atom is 0.410 e. The first-order valence-corrected chi connectivity index (χ1v) is 10.5. The van der Waals surface area contributed by atoms with Crippen molar-refractivity contribution < 1.29 is 13.9 Å². The Kier molecular flexibility index (Phi) is 11.5. The van der Waals surface area contributed by atoms with E-state index in [1.54, 1.807) is 18.2 Å². The van der Waals surface area contributed by atoms with Crippen LogP contribution in [0.15, 0.2) is 27.8 Å². The van der Waals surface area contributed by atoms with E-state index in [2.05, 4.69) is 15.5 Å². The third kappa shape index (κ3) is 9.11. The summed E-state index contributed by atoms with van der Waals surface area (Å²) in [6.45, 7) is 12.3. The highest BCUT2D eigenvalue weighted by Gasteiger charge is 2.25. The summed E-state index contributed by atoms with van der Waals surface area (Å²) in [4.78, 5) is 20.8. The number of hydrogen-bond donors (Lipinski definition) is 2. The van der Waals surface area contributed by atoms with Gasteiger partial charge in [-0.3, -0.25) is 9.89 Å². The largest absolute Gasteiger partial charge is 0.468 e. The van der Waals surface area contributed by atoms with E-state index >= 15 is 0 Å². The van der Waals surface area contributed by atoms with Crippen molar-refractivity contribution in [1.82, 2.24) is 20.4 Å². The molecule has 0 aliphatic carbocycles. The minimum absolute atomic E-state index is 0. The number of nitrogens with zero attached hydrogens (tertiary/aromatic N) is 3. The number of aliphatic imine (C=N–C) groups is 1. The van der Waals surface area contributed by atoms with Gasteiger partial charge in [0.15, 0.2) is 5.96 Å². The van der Waals surface area contributed by atoms with Crippen molar-refractivity contribution in [1.29, 1.82) is 0 Å². The molecule has 1 fully saturated rings. The molecule has 1 atom stereocenters. The summed E-state index contributed by atoms with van der Waals surface area (Å²) in [6, 6.07) is 4.10. The van der Waals surface area contributed by atoms with Gasteiger partial charge in [0.2, 0.25) is 0 Å². The van der Waals surface area contributed by atoms with Crippen LogP contribution >= 0.6 is 24.0 Å². The number of rotatable bonds is 8. The molecule has 0 aromatic carbocycles. The van der Waals surface area contributed by atoms with Crippen LogP contribution in [0.2, 0.25) is 0 Å². The molecule has 1 amide bonds. The third-order valence-corrected chi connectivity index (χ3v) is 4.66. The Hall–Kier alpha value is -1.49. The van der Waals surface area contributed by atoms with Crippen molar-refractivity contribution in [3.63, 3.8) is 0 Å². The lowest BCUT2D eigenvalue weighted by Gasteiger charge is -2.25. The number of likely N-dealkylation sites (tertiary alicyclic amines) is 1. The van der Waals surface area contributed by atoms with Crippen LogP contribution in [-0.4, -0.2) is 73.8 Å². The van der Waals surface area contributed by atoms with Crippen LogP contribution in [0.1, 0.15) is 52.3 Å². The highest BCUT2D eigenvalue weighted by molar-refractivity contribution is 14.0. The van der Waals surface area contributed by atoms with E-state index < -0.39 is 5.60 Å². The average Bonchev–Trinajstić information content (AvgIpc) is 3.34. The van der Waals surface area contributed by atoms with Crippen LogP contribution in [0.4, 0.5) is 4.79 Å². The van der Waals surface area contributed by atoms with Crippen molar-refractivity contribution in [2.45, 2.75) is 52.2 Å². The van der Waals surface area contributed by atoms with Crippen molar-refractivity contribution in [3.8, 4) is 0 Å². The number of halogens is 1. The quantitative estimate of drug-likeness (QED) is 0.302. The van der Waals surface area contributed by atoms with Gasteiger partial charge in [-0.1, -0.05) is 0 Å². The second-order valence-electron chi connectivity index (χ2n) is 8.32. The fourth-order valence-electron chi connectivity index (χ4n) is 3.21. The van der Waals surface area contributed by atoms with E-state index in [9.17, 15) is 4.79 Å². The Bertz CT molecular complexity index is 640. The van der Waals surface area contributed by atoms with Crippen molar-refractivity contribution in [2.24, 2.45) is 4.99 Å². The molecular formula is C21H38IN5O3. The molecule has 1 aromatic rings. The van der Waals surface area contributed by atoms with Crippen molar-refractivity contribution in [3.05, 3.63) is 24.2 Å². The van der Waals surface area contributed by atoms with Gasteiger partial charge in [-0.05, 0) is 65.8 Å². The topological polar surface area (TPSA) is 82.3 Å². The minimum atomic E-state index is -0.494. The molecule has 172 valence electrons. The lowest BCUT2D eigenvalue weighted by atomic mass is 10.2. The van der Waals surface area contributed by atoms with E-state index in [1.807, 2.05) is 39.8 Å². The summed E-state index contributed by atoms with van der Waals surface area (Å²) >= 11 is 0. The van der Waals surface area contributed by atoms with Crippen molar-refractivity contribution >= 4 is 36.0 Å². The number of carbonyl (C=O) groups excluding carboxylic acids is 1. The van der Waals surface area contributed by atoms with Gasteiger partial charge < -0.3 is 24.7 Å². The number of furan rings is 1. The lowest BCUT2D eigenvalue weighted by Crippen LogP contribution is -2.43. The second-order valence-corrected chi connectivity index (χ2v) is 8.32. The fourth-order valence-corrected chi connectivity index (χ4v) is 3.21. The molecule has 8 nitrogen and oxygen atoms in total. The van der Waals surface area contributed by atoms with E-state index in [0.29, 0.717) is 19.6 Å². The van der Waals surface area contributed by atoms with E-state index in [0.717, 1.165) is 31.4 Å². The van der Waals surface area contributed by atoms with Crippen LogP contribution in [0.3, 0.4) is 0 Å². The number of amides is 1. The summed E-state index contributed by atoms with van der Waals surface area (Å²) < 4.78 is 11.0. The summed E-state index contributed by atoms with van der Waals surface area (Å²) in [5.74, 6) is 1.69. The Labute approximate surface area is 197 Å². The Balaban J connectivity index is 0.00000450. The van der Waals surface area contributed by atoms with Crippen LogP contribution in [0.5, 0.6) is 0 Å². The zero-order valence-electron chi connectivity index (χ0n) is 18.9. The Morgan fingerprint density at radius 2 is 2.03 bits per heavy atom. The molecule has 2 rings (SSSR count). The van der Waals surface area contributed by atoms with Gasteiger partial charge in [0.05, 0.1) is 18.8 Å². The maximum atomic E-state index is 12.1. The van der Waals surface area contributed by atoms with Gasteiger partial charge in [0.25, 0.3) is 0 Å². The van der Waals surface area contributed by atoms with E-state index in [1.165, 1.54) is 12.8 Å². The Morgan fingerprint density at radius 3 is 2.60 bits per heavy atom. The number of ether oxygens (including phenoxy) is 1. The molecule has 30 heavy (non-hydrogen) atoms. The predicted octanol–water partition coefficient (Wildman–Crippen LogP) is 3.46. The zero-order chi connectivity index (χ0) is 21.3. The lowest BCUT2D eigenvalue weighted by molar-refractivity contribution is 0.0302. The van der Waals surface area contributed by atoms with Gasteiger partial charge in [-0.2, -0.15) is 0 Å². The number of likely N-dealkylation sites (N-methyl/N-ethyl adjacent to an activating group) is 1. The molecule has 0 bridgehead atoms. The zero-order valence-corrected chi connectivity index (χ0v) is 21.3. The van der Waals surface area contributed by atoms with Crippen LogP contribution in [-0.2, 0) is 4.74 Å². The summed E-state index contributed by atoms with van der Waals surface area (Å²) in [5.41, 5.74) is -0.494. The SMILES string of the molecule is CCNC(=NCC(c1ccco1)N1CCCC1)NCCN(C)C(=O)OC(C)(C)C.I. The molecule has 2 heterocycles. The smallest absolute Gasteiger partial charge is 0.410 e. The molecule has 0 radical (unpaired) electrons. The maximum absolute atomic E-state index is 12.1. The first kappa shape index (κ1) is 26.5. The molecule has 1 aromatic heterocycles. The molecule has 0 spiro atoms. The third-order valence-electron chi connectivity index (χ3n) is 4.66. The van der Waals surface area contributed by atoms with Gasteiger partial charge >= 0.3 is 6.09 Å². The van der Waals surface area contributed by atoms with Crippen molar-refractivity contribution in [2.75, 3.05) is 46.3 Å². The number of guanidine groups is 1. The van der Waals surface area contributed by atoms with Gasteiger partial charge in [0, 0.05) is 26.7 Å². The first-order valence-electron chi connectivity index (χ1n) is 10.5. The monoisotopic (exact) mass is 535 g/mol. The van der Waals surface area contributed by atoms with Gasteiger partial charge in [-0.25, -0.2) is 4.79 Å².